The first kappa shape index (κ1) is 13.5. The highest BCUT2D eigenvalue weighted by atomic mass is 15.5. The van der Waals surface area contributed by atoms with Crippen LogP contribution < -0.4 is 11.2 Å². The van der Waals surface area contributed by atoms with Crippen LogP contribution in [0, 0.1) is 5.41 Å². The maximum atomic E-state index is 7.51. The van der Waals surface area contributed by atoms with Gasteiger partial charge in [0.2, 0.25) is 5.96 Å². The molecule has 4 nitrogen and oxygen atoms in total. The van der Waals surface area contributed by atoms with E-state index in [0.717, 1.165) is 25.7 Å². The predicted molar refractivity (Wildman–Crippen MR) is 81.2 cm³/mol. The van der Waals surface area contributed by atoms with Crippen molar-refractivity contribution in [2.24, 2.45) is 5.73 Å². The number of rotatable bonds is 5. The van der Waals surface area contributed by atoms with E-state index in [1.807, 2.05) is 4.68 Å². The van der Waals surface area contributed by atoms with Gasteiger partial charge in [0.15, 0.2) is 0 Å². The van der Waals surface area contributed by atoms with Gasteiger partial charge in [-0.1, -0.05) is 51.0 Å². The first-order valence-electron chi connectivity index (χ1n) is 6.91. The summed E-state index contributed by atoms with van der Waals surface area (Å²) in [5, 5.41) is 10.0. The maximum Gasteiger partial charge on any atom is 0.205 e. The number of fused-ring (bicyclic) bond motifs is 1. The molecule has 0 spiro atoms. The second kappa shape index (κ2) is 5.78. The number of aryl methyl sites for hydroxylation is 2. The Morgan fingerprint density at radius 2 is 1.58 bits per heavy atom. The Kier molecular flexibility index (Phi) is 4.10. The molecule has 0 saturated carbocycles. The lowest BCUT2D eigenvalue weighted by Crippen LogP contribution is -2.31. The van der Waals surface area contributed by atoms with Crippen molar-refractivity contribution in [3.8, 4) is 0 Å². The zero-order valence-corrected chi connectivity index (χ0v) is 11.7. The first-order chi connectivity index (χ1) is 9.19. The van der Waals surface area contributed by atoms with Crippen molar-refractivity contribution in [2.45, 2.75) is 39.5 Å². The van der Waals surface area contributed by atoms with E-state index in [4.69, 9.17) is 11.1 Å². The second-order valence-corrected chi connectivity index (χ2v) is 4.80. The number of hydrogen-bond acceptors (Lipinski definition) is 1. The Morgan fingerprint density at radius 1 is 1.11 bits per heavy atom. The van der Waals surface area contributed by atoms with Gasteiger partial charge in [0, 0.05) is 22.2 Å². The molecule has 0 aliphatic rings. The Morgan fingerprint density at radius 3 is 1.95 bits per heavy atom. The SMILES string of the molecule is CCCc1c2ccccc2c(CCC)n1NC(=N)N. The molecule has 0 amide bonds. The van der Waals surface area contributed by atoms with Crippen molar-refractivity contribution >= 4 is 16.7 Å². The van der Waals surface area contributed by atoms with E-state index in [1.165, 1.54) is 22.2 Å². The number of nitrogens with zero attached hydrogens (tertiary/aromatic N) is 1. The Hall–Kier alpha value is -1.97. The minimum absolute atomic E-state index is 0.0185. The minimum Gasteiger partial charge on any atom is -0.369 e. The summed E-state index contributed by atoms with van der Waals surface area (Å²) in [6.07, 6.45) is 4.09. The van der Waals surface area contributed by atoms with Crippen LogP contribution in [0.4, 0.5) is 0 Å². The van der Waals surface area contributed by atoms with Crippen molar-refractivity contribution < 1.29 is 0 Å². The van der Waals surface area contributed by atoms with Crippen LogP contribution in [-0.4, -0.2) is 10.6 Å². The second-order valence-electron chi connectivity index (χ2n) is 4.80. The molecule has 4 N–H and O–H groups in total. The first-order valence-corrected chi connectivity index (χ1v) is 6.91. The van der Waals surface area contributed by atoms with Crippen molar-refractivity contribution in [2.75, 3.05) is 5.43 Å². The molecule has 102 valence electrons. The van der Waals surface area contributed by atoms with E-state index in [9.17, 15) is 0 Å². The third-order valence-corrected chi connectivity index (χ3v) is 3.29. The molecule has 1 aromatic carbocycles. The van der Waals surface area contributed by atoms with Crippen molar-refractivity contribution in [1.82, 2.24) is 4.68 Å². The lowest BCUT2D eigenvalue weighted by Gasteiger charge is -2.14. The Bertz CT molecular complexity index is 540. The van der Waals surface area contributed by atoms with Gasteiger partial charge in [0.1, 0.15) is 0 Å². The average Bonchev–Trinajstić information content (AvgIpc) is 2.66. The van der Waals surface area contributed by atoms with Gasteiger partial charge in [-0.3, -0.25) is 15.5 Å². The van der Waals surface area contributed by atoms with Crippen molar-refractivity contribution in [3.63, 3.8) is 0 Å². The molecule has 0 radical (unpaired) electrons. The van der Waals surface area contributed by atoms with Gasteiger partial charge in [-0.15, -0.1) is 0 Å². The zero-order chi connectivity index (χ0) is 13.8. The van der Waals surface area contributed by atoms with Crippen LogP contribution >= 0.6 is 0 Å². The summed E-state index contributed by atoms with van der Waals surface area (Å²) in [5.41, 5.74) is 10.9. The number of nitrogens with one attached hydrogen (secondary N) is 2. The molecule has 4 heteroatoms. The highest BCUT2D eigenvalue weighted by molar-refractivity contribution is 5.91. The quantitative estimate of drug-likeness (QED) is 0.570. The minimum atomic E-state index is -0.0185. The maximum absolute atomic E-state index is 7.51. The van der Waals surface area contributed by atoms with E-state index in [1.54, 1.807) is 0 Å². The smallest absolute Gasteiger partial charge is 0.205 e. The van der Waals surface area contributed by atoms with Gasteiger partial charge >= 0.3 is 0 Å². The van der Waals surface area contributed by atoms with Crippen LogP contribution in [0.1, 0.15) is 38.1 Å². The fourth-order valence-corrected chi connectivity index (χ4v) is 2.61. The van der Waals surface area contributed by atoms with Crippen LogP contribution in [0.3, 0.4) is 0 Å². The third kappa shape index (κ3) is 2.57. The molecule has 0 aliphatic heterocycles. The van der Waals surface area contributed by atoms with Gasteiger partial charge in [-0.05, 0) is 12.8 Å². The van der Waals surface area contributed by atoms with E-state index < -0.39 is 0 Å². The lowest BCUT2D eigenvalue weighted by atomic mass is 10.1. The Balaban J connectivity index is 2.67. The monoisotopic (exact) mass is 258 g/mol. The molecule has 0 unspecified atom stereocenters. The van der Waals surface area contributed by atoms with Gasteiger partial charge in [-0.25, -0.2) is 0 Å². The van der Waals surface area contributed by atoms with E-state index >= 15 is 0 Å². The number of hydrogen-bond donors (Lipinski definition) is 3. The molecule has 1 heterocycles. The van der Waals surface area contributed by atoms with Crippen LogP contribution in [0.15, 0.2) is 24.3 Å². The third-order valence-electron chi connectivity index (χ3n) is 3.29. The molecule has 2 rings (SSSR count). The summed E-state index contributed by atoms with van der Waals surface area (Å²) in [5.74, 6) is -0.0185. The molecule has 2 aromatic rings. The summed E-state index contributed by atoms with van der Waals surface area (Å²) < 4.78 is 2.01. The van der Waals surface area contributed by atoms with E-state index in [-0.39, 0.29) is 5.96 Å². The van der Waals surface area contributed by atoms with E-state index in [2.05, 4.69) is 43.5 Å². The largest absolute Gasteiger partial charge is 0.369 e. The highest BCUT2D eigenvalue weighted by Crippen LogP contribution is 2.27. The lowest BCUT2D eigenvalue weighted by molar-refractivity contribution is 0.760. The fraction of sp³-hybridized carbons (Fsp3) is 0.400. The van der Waals surface area contributed by atoms with Crippen molar-refractivity contribution in [3.05, 3.63) is 35.7 Å². The average molecular weight is 258 g/mol. The molecule has 0 aliphatic carbocycles. The highest BCUT2D eigenvalue weighted by Gasteiger charge is 2.15. The van der Waals surface area contributed by atoms with E-state index in [0.29, 0.717) is 0 Å². The van der Waals surface area contributed by atoms with Gasteiger partial charge in [0.25, 0.3) is 0 Å². The number of aromatic nitrogens is 1. The molecule has 19 heavy (non-hydrogen) atoms. The number of benzene rings is 1. The van der Waals surface area contributed by atoms with Gasteiger partial charge in [-0.2, -0.15) is 0 Å². The molecular weight excluding hydrogens is 236 g/mol. The van der Waals surface area contributed by atoms with Crippen LogP contribution in [-0.2, 0) is 12.8 Å². The Labute approximate surface area is 114 Å². The molecule has 0 atom stereocenters. The molecular formula is C15H22N4. The van der Waals surface area contributed by atoms with Crippen LogP contribution in [0.5, 0.6) is 0 Å². The van der Waals surface area contributed by atoms with Crippen molar-refractivity contribution in [1.29, 1.82) is 5.41 Å². The predicted octanol–water partition coefficient (Wildman–Crippen LogP) is 2.98. The summed E-state index contributed by atoms with van der Waals surface area (Å²) >= 11 is 0. The standard InChI is InChI=1S/C15H22N4/c1-3-7-13-11-9-5-6-10-12(11)14(8-4-2)19(13)18-15(16)17/h5-6,9-10H,3-4,7-8H2,1-2H3,(H4,16,17,18). The van der Waals surface area contributed by atoms with Gasteiger partial charge < -0.3 is 5.73 Å². The zero-order valence-electron chi connectivity index (χ0n) is 11.7. The fourth-order valence-electron chi connectivity index (χ4n) is 2.61. The summed E-state index contributed by atoms with van der Waals surface area (Å²) in [6, 6.07) is 8.43. The molecule has 1 aromatic heterocycles. The summed E-state index contributed by atoms with van der Waals surface area (Å²) in [7, 11) is 0. The van der Waals surface area contributed by atoms with Crippen LogP contribution in [0.25, 0.3) is 10.8 Å². The summed E-state index contributed by atoms with van der Waals surface area (Å²) in [6.45, 7) is 4.33. The number of nitrogens with two attached hydrogens (primary N) is 1. The molecule has 0 fully saturated rings. The normalized spacial score (nSPS) is 10.8. The molecule has 0 saturated heterocycles. The van der Waals surface area contributed by atoms with Gasteiger partial charge in [0.05, 0.1) is 0 Å². The number of guanidine groups is 1. The van der Waals surface area contributed by atoms with Crippen LogP contribution in [0.2, 0.25) is 0 Å². The topological polar surface area (TPSA) is 66.8 Å². The molecule has 0 bridgehead atoms. The summed E-state index contributed by atoms with van der Waals surface area (Å²) in [4.78, 5) is 0.